The lowest BCUT2D eigenvalue weighted by Crippen LogP contribution is -2.45. The minimum absolute atomic E-state index is 0.00928. The van der Waals surface area contributed by atoms with Crippen molar-refractivity contribution >= 4 is 33.3 Å². The lowest BCUT2D eigenvalue weighted by Gasteiger charge is -2.32. The summed E-state index contributed by atoms with van der Waals surface area (Å²) in [5.74, 6) is -0.683. The van der Waals surface area contributed by atoms with Gasteiger partial charge in [-0.1, -0.05) is 86.7 Å². The van der Waals surface area contributed by atoms with Crippen LogP contribution < -0.4 is 11.1 Å². The number of hydrogen-bond donors (Lipinski definition) is 3. The Labute approximate surface area is 286 Å². The first-order chi connectivity index (χ1) is 23.0. The Morgan fingerprint density at radius 3 is 2.12 bits per heavy atom. The normalized spacial score (nSPS) is 17.4. The van der Waals surface area contributed by atoms with Gasteiger partial charge in [0.15, 0.2) is 15.6 Å². The molecule has 1 saturated heterocycles. The zero-order chi connectivity index (χ0) is 34.5. The minimum Gasteiger partial charge on any atom is -0.384 e. The summed E-state index contributed by atoms with van der Waals surface area (Å²) in [6.07, 6.45) is 10.8. The van der Waals surface area contributed by atoms with E-state index in [2.05, 4.69) is 5.32 Å². The van der Waals surface area contributed by atoms with Gasteiger partial charge in [-0.2, -0.15) is 0 Å². The Balaban J connectivity index is 1.46. The summed E-state index contributed by atoms with van der Waals surface area (Å²) >= 11 is 0. The lowest BCUT2D eigenvalue weighted by molar-refractivity contribution is -0.130. The number of nitrogen functional groups attached to an aromatic ring is 1. The first kappa shape index (κ1) is 37.3. The third-order valence-electron chi connectivity index (χ3n) is 10.3. The Morgan fingerprint density at radius 2 is 1.50 bits per heavy atom. The van der Waals surface area contributed by atoms with Crippen molar-refractivity contribution in [2.45, 2.75) is 102 Å². The second-order valence-corrected chi connectivity index (χ2v) is 16.1. The molecule has 1 aliphatic heterocycles. The number of likely N-dealkylation sites (tertiary alicyclic amines) is 1. The number of hydrogen-bond acceptors (Lipinski definition) is 6. The molecule has 2 atom stereocenters. The van der Waals surface area contributed by atoms with Crippen LogP contribution in [0.3, 0.4) is 0 Å². The molecule has 0 radical (unpaired) electrons. The van der Waals surface area contributed by atoms with Gasteiger partial charge in [-0.05, 0) is 67.9 Å². The second-order valence-electron chi connectivity index (χ2n) is 14.0. The molecule has 1 saturated carbocycles. The van der Waals surface area contributed by atoms with Crippen molar-refractivity contribution in [3.63, 3.8) is 0 Å². The molecule has 4 N–H and O–H groups in total. The Morgan fingerprint density at radius 1 is 0.875 bits per heavy atom. The first-order valence-corrected chi connectivity index (χ1v) is 19.6. The van der Waals surface area contributed by atoms with E-state index < -0.39 is 21.8 Å². The van der Waals surface area contributed by atoms with Crippen LogP contribution >= 0.6 is 0 Å². The summed E-state index contributed by atoms with van der Waals surface area (Å²) in [7, 11) is -3.62. The molecule has 0 spiro atoms. The number of carbonyl (C=O) groups is 3. The number of amidine groups is 1. The number of aryl methyl sites for hydroxylation is 1. The van der Waals surface area contributed by atoms with Crippen LogP contribution in [0.5, 0.6) is 0 Å². The first-order valence-electron chi connectivity index (χ1n) is 17.8. The summed E-state index contributed by atoms with van der Waals surface area (Å²) < 4.78 is 26.9. The van der Waals surface area contributed by atoms with Gasteiger partial charge in [0.2, 0.25) is 11.8 Å². The van der Waals surface area contributed by atoms with Crippen LogP contribution in [0.1, 0.15) is 101 Å². The molecule has 2 aromatic carbocycles. The van der Waals surface area contributed by atoms with E-state index in [0.29, 0.717) is 61.7 Å². The number of amides is 2. The van der Waals surface area contributed by atoms with Crippen molar-refractivity contribution < 1.29 is 22.8 Å². The maximum absolute atomic E-state index is 14.0. The molecule has 4 rings (SSSR count). The summed E-state index contributed by atoms with van der Waals surface area (Å²) in [5, 5.41) is 10.7. The number of sulfone groups is 1. The molecule has 1 aliphatic carbocycles. The SMILES string of the molecule is CC(=O)N1CCC(CC[C@@H](CS(=O)(=O)Cc2ccccc2)C(=O)N[C@@H](CCC2CCCCC2)C(=O)CCc2ccc(C(=N)N)cc2)CC1. The molecule has 262 valence electrons. The Hall–Kier alpha value is -3.53. The predicted molar refractivity (Wildman–Crippen MR) is 190 cm³/mol. The van der Waals surface area contributed by atoms with Gasteiger partial charge < -0.3 is 16.0 Å². The van der Waals surface area contributed by atoms with Gasteiger partial charge in [0, 0.05) is 32.0 Å². The van der Waals surface area contributed by atoms with Gasteiger partial charge in [-0.15, -0.1) is 0 Å². The molecular formula is C38H54N4O5S. The van der Waals surface area contributed by atoms with Crippen LogP contribution in [0.25, 0.3) is 0 Å². The van der Waals surface area contributed by atoms with Crippen molar-refractivity contribution in [2.24, 2.45) is 23.5 Å². The molecule has 0 aromatic heterocycles. The van der Waals surface area contributed by atoms with Gasteiger partial charge in [-0.3, -0.25) is 19.8 Å². The molecule has 9 nitrogen and oxygen atoms in total. The van der Waals surface area contributed by atoms with Crippen LogP contribution in [-0.4, -0.2) is 61.6 Å². The monoisotopic (exact) mass is 678 g/mol. The van der Waals surface area contributed by atoms with E-state index in [1.54, 1.807) is 31.2 Å². The van der Waals surface area contributed by atoms with E-state index >= 15 is 0 Å². The lowest BCUT2D eigenvalue weighted by atomic mass is 9.84. The number of nitrogens with zero attached hydrogens (tertiary/aromatic N) is 1. The number of benzene rings is 2. The van der Waals surface area contributed by atoms with Crippen LogP contribution in [0.4, 0.5) is 0 Å². The van der Waals surface area contributed by atoms with E-state index in [9.17, 15) is 22.8 Å². The fourth-order valence-electron chi connectivity index (χ4n) is 7.23. The van der Waals surface area contributed by atoms with Crippen molar-refractivity contribution in [1.82, 2.24) is 10.2 Å². The largest absolute Gasteiger partial charge is 0.384 e. The highest BCUT2D eigenvalue weighted by molar-refractivity contribution is 7.90. The second kappa shape index (κ2) is 18.3. The third kappa shape index (κ3) is 12.2. The highest BCUT2D eigenvalue weighted by Gasteiger charge is 2.31. The standard InChI is InChI=1S/C38H54N4O5S/c1-28(43)42-24-22-31(23-25-42)14-19-34(27-48(46,47)26-32-10-6-3-7-11-32)38(45)41-35(20-15-29-8-4-2-5-9-29)36(44)21-16-30-12-17-33(18-13-30)37(39)40/h3,6-7,10-13,17-18,29,31,34-35H,2,4-5,8-9,14-16,19-27H2,1H3,(H3,39,40)(H,41,45)/t34-,35-/m0/s1. The molecule has 48 heavy (non-hydrogen) atoms. The van der Waals surface area contributed by atoms with Gasteiger partial charge >= 0.3 is 0 Å². The molecule has 1 heterocycles. The van der Waals surface area contributed by atoms with Crippen molar-refractivity contribution in [3.05, 3.63) is 71.3 Å². The molecule has 2 amide bonds. The number of piperidine rings is 1. The minimum atomic E-state index is -3.62. The molecule has 10 heteroatoms. The fraction of sp³-hybridized carbons (Fsp3) is 0.579. The van der Waals surface area contributed by atoms with Crippen LogP contribution in [0.2, 0.25) is 0 Å². The maximum atomic E-state index is 14.0. The molecule has 0 unspecified atom stereocenters. The van der Waals surface area contributed by atoms with Crippen LogP contribution in [0.15, 0.2) is 54.6 Å². The molecule has 2 fully saturated rings. The number of nitrogens with one attached hydrogen (secondary N) is 2. The average molecular weight is 679 g/mol. The van der Waals surface area contributed by atoms with Crippen molar-refractivity contribution in [3.8, 4) is 0 Å². The Kier molecular flexibility index (Phi) is 14.2. The summed E-state index contributed by atoms with van der Waals surface area (Å²) in [6.45, 7) is 2.94. The van der Waals surface area contributed by atoms with Crippen LogP contribution in [-0.2, 0) is 36.4 Å². The van der Waals surface area contributed by atoms with Crippen molar-refractivity contribution in [1.29, 1.82) is 5.41 Å². The summed E-state index contributed by atoms with van der Waals surface area (Å²) in [5.41, 5.74) is 7.85. The van der Waals surface area contributed by atoms with Crippen molar-refractivity contribution in [2.75, 3.05) is 18.8 Å². The third-order valence-corrected chi connectivity index (χ3v) is 11.9. The molecule has 0 bridgehead atoms. The smallest absolute Gasteiger partial charge is 0.224 e. The van der Waals surface area contributed by atoms with E-state index in [1.807, 2.05) is 35.2 Å². The zero-order valence-corrected chi connectivity index (χ0v) is 29.3. The molecule has 2 aromatic rings. The maximum Gasteiger partial charge on any atom is 0.224 e. The van der Waals surface area contributed by atoms with Gasteiger partial charge in [0.1, 0.15) is 5.84 Å². The van der Waals surface area contributed by atoms with Gasteiger partial charge in [0.25, 0.3) is 0 Å². The van der Waals surface area contributed by atoms with Gasteiger partial charge in [0.05, 0.1) is 23.5 Å². The van der Waals surface area contributed by atoms with Crippen LogP contribution in [0, 0.1) is 23.2 Å². The van der Waals surface area contributed by atoms with E-state index in [0.717, 1.165) is 37.7 Å². The highest BCUT2D eigenvalue weighted by Crippen LogP contribution is 2.29. The Bertz CT molecular complexity index is 1460. The predicted octanol–water partition coefficient (Wildman–Crippen LogP) is 5.59. The fourth-order valence-corrected chi connectivity index (χ4v) is 8.98. The molecular weight excluding hydrogens is 625 g/mol. The number of rotatable bonds is 17. The quantitative estimate of drug-likeness (QED) is 0.147. The zero-order valence-electron chi connectivity index (χ0n) is 28.5. The van der Waals surface area contributed by atoms with E-state index in [-0.39, 0.29) is 41.4 Å². The topological polar surface area (TPSA) is 150 Å². The van der Waals surface area contributed by atoms with E-state index in [4.69, 9.17) is 11.1 Å². The molecule has 2 aliphatic rings. The number of Topliss-reactive ketones (excluding diaryl/α,β-unsaturated/α-hetero) is 1. The highest BCUT2D eigenvalue weighted by atomic mass is 32.2. The summed E-state index contributed by atoms with van der Waals surface area (Å²) in [6, 6.07) is 15.6. The number of nitrogens with two attached hydrogens (primary N) is 1. The average Bonchev–Trinajstić information content (AvgIpc) is 3.08. The number of ketones is 1. The van der Waals surface area contributed by atoms with E-state index in [1.165, 1.54) is 19.3 Å². The summed E-state index contributed by atoms with van der Waals surface area (Å²) in [4.78, 5) is 41.4. The van der Waals surface area contributed by atoms with Gasteiger partial charge in [-0.25, -0.2) is 8.42 Å². The number of carbonyl (C=O) groups excluding carboxylic acids is 3.